The van der Waals surface area contributed by atoms with Gasteiger partial charge in [0.2, 0.25) is 5.91 Å². The van der Waals surface area contributed by atoms with Gasteiger partial charge in [0.05, 0.1) is 9.96 Å². The summed E-state index contributed by atoms with van der Waals surface area (Å²) in [5.41, 5.74) is 4.63. The van der Waals surface area contributed by atoms with Gasteiger partial charge in [0.25, 0.3) is 11.5 Å². The molecular formula is C8H11N3O3S2. The number of H-pyrrole nitrogens is 1. The zero-order valence-electron chi connectivity index (χ0n) is 8.77. The molecule has 0 spiro atoms. The van der Waals surface area contributed by atoms with Crippen LogP contribution in [0.4, 0.5) is 0 Å². The molecule has 0 bridgehead atoms. The van der Waals surface area contributed by atoms with Gasteiger partial charge in [0, 0.05) is 14.1 Å². The first-order valence-electron chi connectivity index (χ1n) is 4.27. The van der Waals surface area contributed by atoms with Crippen molar-refractivity contribution in [1.82, 2.24) is 9.27 Å². The van der Waals surface area contributed by atoms with Gasteiger partial charge in [-0.1, -0.05) is 11.5 Å². The molecule has 1 aromatic rings. The van der Waals surface area contributed by atoms with E-state index in [4.69, 9.17) is 5.73 Å². The second-order valence-corrected chi connectivity index (χ2v) is 5.21. The zero-order valence-corrected chi connectivity index (χ0v) is 10.4. The van der Waals surface area contributed by atoms with Crippen molar-refractivity contribution >= 4 is 35.1 Å². The zero-order chi connectivity index (χ0) is 12.3. The number of rotatable bonds is 4. The lowest BCUT2D eigenvalue weighted by atomic mass is 10.3. The summed E-state index contributed by atoms with van der Waals surface area (Å²) < 4.78 is 2.95. The number of carbonyl (C=O) groups is 2. The van der Waals surface area contributed by atoms with E-state index in [-0.39, 0.29) is 17.2 Å². The van der Waals surface area contributed by atoms with Crippen LogP contribution in [0.5, 0.6) is 0 Å². The van der Waals surface area contributed by atoms with E-state index >= 15 is 0 Å². The van der Waals surface area contributed by atoms with Crippen LogP contribution < -0.4 is 11.3 Å². The van der Waals surface area contributed by atoms with E-state index in [9.17, 15) is 14.4 Å². The van der Waals surface area contributed by atoms with E-state index < -0.39 is 11.5 Å². The van der Waals surface area contributed by atoms with Crippen molar-refractivity contribution in [2.75, 3.05) is 19.8 Å². The maximum absolute atomic E-state index is 11.7. The molecule has 0 aliphatic carbocycles. The average Bonchev–Trinajstić information content (AvgIpc) is 2.55. The summed E-state index contributed by atoms with van der Waals surface area (Å²) in [4.78, 5) is 35.0. The molecule has 3 N–H and O–H groups in total. The Labute approximate surface area is 100.0 Å². The standard InChI is InChI=1S/C8H11N3O3S2/c1-11(2)7(14)5-6(13)10-16-8(5)15-3-4(9)12/h3H2,1-2H3,(H2,9,12)(H,10,13). The molecule has 0 radical (unpaired) electrons. The number of hydrogen-bond acceptors (Lipinski definition) is 5. The Balaban J connectivity index is 2.99. The summed E-state index contributed by atoms with van der Waals surface area (Å²) in [6, 6.07) is 0. The molecule has 1 rings (SSSR count). The molecule has 1 heterocycles. The molecule has 16 heavy (non-hydrogen) atoms. The van der Waals surface area contributed by atoms with Crippen molar-refractivity contribution in [3.63, 3.8) is 0 Å². The minimum absolute atomic E-state index is 0.0432. The SMILES string of the molecule is CN(C)C(=O)c1c(SCC(N)=O)s[nH]c1=O. The van der Waals surface area contributed by atoms with Crippen LogP contribution >= 0.6 is 23.3 Å². The molecule has 0 unspecified atom stereocenters. The number of nitrogens with zero attached hydrogens (tertiary/aromatic N) is 1. The van der Waals surface area contributed by atoms with Gasteiger partial charge < -0.3 is 10.6 Å². The molecule has 0 aromatic carbocycles. The summed E-state index contributed by atoms with van der Waals surface area (Å²) in [6.07, 6.45) is 0. The quantitative estimate of drug-likeness (QED) is 0.728. The summed E-state index contributed by atoms with van der Waals surface area (Å²) in [5, 5.41) is 0. The highest BCUT2D eigenvalue weighted by Crippen LogP contribution is 2.24. The van der Waals surface area contributed by atoms with Crippen molar-refractivity contribution in [3.05, 3.63) is 15.9 Å². The number of nitrogens with two attached hydrogens (primary N) is 1. The Bertz CT molecular complexity index is 463. The molecule has 8 heteroatoms. The van der Waals surface area contributed by atoms with Crippen molar-refractivity contribution < 1.29 is 9.59 Å². The second kappa shape index (κ2) is 5.17. The lowest BCUT2D eigenvalue weighted by Crippen LogP contribution is -2.27. The number of nitrogens with one attached hydrogen (secondary N) is 1. The summed E-state index contributed by atoms with van der Waals surface area (Å²) in [7, 11) is 3.12. The van der Waals surface area contributed by atoms with Crippen LogP contribution in [-0.4, -0.2) is 40.9 Å². The van der Waals surface area contributed by atoms with Crippen LogP contribution in [-0.2, 0) is 4.79 Å². The lowest BCUT2D eigenvalue weighted by Gasteiger charge is -2.08. The van der Waals surface area contributed by atoms with Crippen molar-refractivity contribution in [1.29, 1.82) is 0 Å². The van der Waals surface area contributed by atoms with Gasteiger partial charge in [-0.05, 0) is 0 Å². The molecule has 0 fully saturated rings. The monoisotopic (exact) mass is 261 g/mol. The highest BCUT2D eigenvalue weighted by Gasteiger charge is 2.20. The molecule has 0 aliphatic rings. The Morgan fingerprint density at radius 2 is 2.12 bits per heavy atom. The predicted octanol–water partition coefficient (Wildman–Crippen LogP) is -0.284. The number of aromatic nitrogens is 1. The van der Waals surface area contributed by atoms with Gasteiger partial charge in [-0.3, -0.25) is 18.8 Å². The molecule has 88 valence electrons. The molecule has 0 saturated heterocycles. The number of amides is 2. The van der Waals surface area contributed by atoms with E-state index in [0.29, 0.717) is 4.21 Å². The summed E-state index contributed by atoms with van der Waals surface area (Å²) >= 11 is 2.12. The van der Waals surface area contributed by atoms with Gasteiger partial charge in [-0.25, -0.2) is 0 Å². The van der Waals surface area contributed by atoms with Gasteiger partial charge in [-0.2, -0.15) is 0 Å². The fourth-order valence-corrected chi connectivity index (χ4v) is 2.64. The van der Waals surface area contributed by atoms with Gasteiger partial charge >= 0.3 is 0 Å². The van der Waals surface area contributed by atoms with Crippen LogP contribution in [0.25, 0.3) is 0 Å². The number of hydrogen-bond donors (Lipinski definition) is 2. The Morgan fingerprint density at radius 3 is 2.62 bits per heavy atom. The van der Waals surface area contributed by atoms with E-state index in [1.807, 2.05) is 0 Å². The minimum atomic E-state index is -0.492. The fourth-order valence-electron chi connectivity index (χ4n) is 0.934. The van der Waals surface area contributed by atoms with E-state index in [1.54, 1.807) is 14.1 Å². The van der Waals surface area contributed by atoms with Crippen molar-refractivity contribution in [2.45, 2.75) is 4.21 Å². The highest BCUT2D eigenvalue weighted by atomic mass is 32.2. The van der Waals surface area contributed by atoms with Gasteiger partial charge in [0.15, 0.2) is 0 Å². The topological polar surface area (TPSA) is 96.3 Å². The van der Waals surface area contributed by atoms with E-state index in [1.165, 1.54) is 4.90 Å². The minimum Gasteiger partial charge on any atom is -0.369 e. The van der Waals surface area contributed by atoms with Crippen LogP contribution in [0.3, 0.4) is 0 Å². The maximum atomic E-state index is 11.7. The largest absolute Gasteiger partial charge is 0.369 e. The number of primary amides is 1. The first-order chi connectivity index (χ1) is 7.43. The predicted molar refractivity (Wildman–Crippen MR) is 62.9 cm³/mol. The molecule has 0 aliphatic heterocycles. The molecule has 2 amide bonds. The molecular weight excluding hydrogens is 250 g/mol. The van der Waals surface area contributed by atoms with Crippen LogP contribution in [0.15, 0.2) is 9.00 Å². The summed E-state index contributed by atoms with van der Waals surface area (Å²) in [6.45, 7) is 0. The number of aromatic amines is 1. The van der Waals surface area contributed by atoms with E-state index in [0.717, 1.165) is 23.3 Å². The maximum Gasteiger partial charge on any atom is 0.272 e. The lowest BCUT2D eigenvalue weighted by molar-refractivity contribution is -0.115. The Morgan fingerprint density at radius 1 is 1.50 bits per heavy atom. The van der Waals surface area contributed by atoms with Crippen LogP contribution in [0.1, 0.15) is 10.4 Å². The second-order valence-electron chi connectivity index (χ2n) is 3.15. The first kappa shape index (κ1) is 12.8. The third kappa shape index (κ3) is 2.86. The number of carbonyl (C=O) groups excluding carboxylic acids is 2. The number of thioether (sulfide) groups is 1. The van der Waals surface area contributed by atoms with E-state index in [2.05, 4.69) is 4.37 Å². The van der Waals surface area contributed by atoms with Crippen LogP contribution in [0, 0.1) is 0 Å². The molecule has 0 saturated carbocycles. The third-order valence-corrected chi connectivity index (χ3v) is 3.81. The first-order valence-corrected chi connectivity index (χ1v) is 6.08. The molecule has 6 nitrogen and oxygen atoms in total. The molecule has 0 atom stereocenters. The fraction of sp³-hybridized carbons (Fsp3) is 0.375. The van der Waals surface area contributed by atoms with Crippen LogP contribution in [0.2, 0.25) is 0 Å². The van der Waals surface area contributed by atoms with Crippen molar-refractivity contribution in [2.24, 2.45) is 5.73 Å². The third-order valence-electron chi connectivity index (χ3n) is 1.63. The highest BCUT2D eigenvalue weighted by molar-refractivity contribution is 8.01. The van der Waals surface area contributed by atoms with Crippen molar-refractivity contribution in [3.8, 4) is 0 Å². The van der Waals surface area contributed by atoms with Gasteiger partial charge in [-0.15, -0.1) is 11.8 Å². The smallest absolute Gasteiger partial charge is 0.272 e. The Hall–Kier alpha value is -1.28. The Kier molecular flexibility index (Phi) is 4.13. The molecule has 1 aromatic heterocycles. The van der Waals surface area contributed by atoms with Gasteiger partial charge in [0.1, 0.15) is 5.56 Å². The average molecular weight is 261 g/mol. The summed E-state index contributed by atoms with van der Waals surface area (Å²) in [5.74, 6) is -0.829. The normalized spacial score (nSPS) is 10.1.